The molecule has 2 aliphatic rings. The van der Waals surface area contributed by atoms with Gasteiger partial charge in [-0.05, 0) is 19.3 Å². The van der Waals surface area contributed by atoms with Gasteiger partial charge in [-0.1, -0.05) is 0 Å². The Balaban J connectivity index is 1.74. The summed E-state index contributed by atoms with van der Waals surface area (Å²) in [6.45, 7) is 2.53. The standard InChI is InChI=1S/C12H22N2O3/c15-7-6-13(10-3-4-10)8-11(16)9-14-5-1-2-12(14)17/h10-11,15-16H,1-9H2. The van der Waals surface area contributed by atoms with E-state index in [4.69, 9.17) is 5.11 Å². The molecule has 17 heavy (non-hydrogen) atoms. The van der Waals surface area contributed by atoms with E-state index in [0.717, 1.165) is 25.8 Å². The Morgan fingerprint density at radius 1 is 1.47 bits per heavy atom. The molecule has 1 saturated carbocycles. The van der Waals surface area contributed by atoms with E-state index >= 15 is 0 Å². The molecule has 2 rings (SSSR count). The van der Waals surface area contributed by atoms with Gasteiger partial charge >= 0.3 is 0 Å². The number of aliphatic hydroxyl groups is 2. The minimum atomic E-state index is -0.496. The van der Waals surface area contributed by atoms with E-state index in [1.54, 1.807) is 4.90 Å². The largest absolute Gasteiger partial charge is 0.395 e. The SMILES string of the molecule is O=C1CCCN1CC(O)CN(CCO)C1CC1. The lowest BCUT2D eigenvalue weighted by molar-refractivity contribution is -0.129. The molecular formula is C12H22N2O3. The molecule has 0 aromatic heterocycles. The predicted octanol–water partition coefficient (Wildman–Crippen LogP) is -0.574. The van der Waals surface area contributed by atoms with Crippen LogP contribution >= 0.6 is 0 Å². The zero-order valence-electron chi connectivity index (χ0n) is 10.2. The number of β-amino-alcohol motifs (C(OH)–C–C–N with tert-alkyl or cyclic N) is 1. The van der Waals surface area contributed by atoms with Gasteiger partial charge in [0.15, 0.2) is 0 Å². The fourth-order valence-corrected chi connectivity index (χ4v) is 2.47. The van der Waals surface area contributed by atoms with Crippen LogP contribution in [0.3, 0.4) is 0 Å². The zero-order chi connectivity index (χ0) is 12.3. The van der Waals surface area contributed by atoms with Crippen LogP contribution in [0.15, 0.2) is 0 Å². The first-order valence-corrected chi connectivity index (χ1v) is 6.51. The highest BCUT2D eigenvalue weighted by atomic mass is 16.3. The first kappa shape index (κ1) is 12.8. The number of likely N-dealkylation sites (tertiary alicyclic amines) is 1. The fraction of sp³-hybridized carbons (Fsp3) is 0.917. The molecule has 0 bridgehead atoms. The first-order chi connectivity index (χ1) is 8.20. The maximum atomic E-state index is 11.4. The number of amides is 1. The highest BCUT2D eigenvalue weighted by Crippen LogP contribution is 2.26. The topological polar surface area (TPSA) is 64.0 Å². The van der Waals surface area contributed by atoms with Gasteiger partial charge in [-0.15, -0.1) is 0 Å². The van der Waals surface area contributed by atoms with E-state index in [9.17, 15) is 9.90 Å². The van der Waals surface area contributed by atoms with Gasteiger partial charge in [0.25, 0.3) is 0 Å². The summed E-state index contributed by atoms with van der Waals surface area (Å²) >= 11 is 0. The number of hydrogen-bond donors (Lipinski definition) is 2. The van der Waals surface area contributed by atoms with Crippen LogP contribution < -0.4 is 0 Å². The number of nitrogens with zero attached hydrogens (tertiary/aromatic N) is 2. The quantitative estimate of drug-likeness (QED) is 0.627. The highest BCUT2D eigenvalue weighted by molar-refractivity contribution is 5.78. The summed E-state index contributed by atoms with van der Waals surface area (Å²) in [7, 11) is 0. The summed E-state index contributed by atoms with van der Waals surface area (Å²) < 4.78 is 0. The molecule has 5 heteroatoms. The Kier molecular flexibility index (Phi) is 4.36. The summed E-state index contributed by atoms with van der Waals surface area (Å²) in [4.78, 5) is 15.3. The van der Waals surface area contributed by atoms with E-state index in [1.807, 2.05) is 0 Å². The van der Waals surface area contributed by atoms with Crippen molar-refractivity contribution in [3.8, 4) is 0 Å². The van der Waals surface area contributed by atoms with Crippen molar-refractivity contribution in [3.63, 3.8) is 0 Å². The van der Waals surface area contributed by atoms with E-state index < -0.39 is 6.10 Å². The van der Waals surface area contributed by atoms with Gasteiger partial charge < -0.3 is 15.1 Å². The van der Waals surface area contributed by atoms with Crippen LogP contribution in [0.1, 0.15) is 25.7 Å². The molecule has 1 aliphatic heterocycles. The van der Waals surface area contributed by atoms with E-state index in [-0.39, 0.29) is 12.5 Å². The third kappa shape index (κ3) is 3.66. The lowest BCUT2D eigenvalue weighted by Gasteiger charge is -2.26. The third-order valence-corrected chi connectivity index (χ3v) is 3.50. The van der Waals surface area contributed by atoms with Gasteiger partial charge in [0, 0.05) is 38.6 Å². The van der Waals surface area contributed by atoms with E-state index in [2.05, 4.69) is 4.90 Å². The summed E-state index contributed by atoms with van der Waals surface area (Å²) in [6.07, 6.45) is 3.36. The Labute approximate surface area is 102 Å². The summed E-state index contributed by atoms with van der Waals surface area (Å²) in [5.41, 5.74) is 0. The van der Waals surface area contributed by atoms with Crippen molar-refractivity contribution in [1.82, 2.24) is 9.80 Å². The van der Waals surface area contributed by atoms with E-state index in [1.165, 1.54) is 0 Å². The van der Waals surface area contributed by atoms with Crippen molar-refractivity contribution in [2.75, 3.05) is 32.8 Å². The number of rotatable bonds is 7. The van der Waals surface area contributed by atoms with Crippen LogP contribution in [0, 0.1) is 0 Å². The second kappa shape index (κ2) is 5.80. The summed E-state index contributed by atoms with van der Waals surface area (Å²) in [6, 6.07) is 0.533. The lowest BCUT2D eigenvalue weighted by Crippen LogP contribution is -2.42. The van der Waals surface area contributed by atoms with Crippen LogP contribution in [0.4, 0.5) is 0 Å². The summed E-state index contributed by atoms with van der Waals surface area (Å²) in [5.74, 6) is 0.157. The number of hydrogen-bond acceptors (Lipinski definition) is 4. The Morgan fingerprint density at radius 3 is 2.76 bits per heavy atom. The number of aliphatic hydroxyl groups excluding tert-OH is 2. The molecule has 0 aromatic carbocycles. The average molecular weight is 242 g/mol. The Bertz CT molecular complexity index is 268. The van der Waals surface area contributed by atoms with Crippen molar-refractivity contribution in [3.05, 3.63) is 0 Å². The monoisotopic (exact) mass is 242 g/mol. The molecule has 2 N–H and O–H groups in total. The third-order valence-electron chi connectivity index (χ3n) is 3.50. The molecule has 1 heterocycles. The van der Waals surface area contributed by atoms with Crippen LogP contribution in [0.5, 0.6) is 0 Å². The molecule has 1 amide bonds. The predicted molar refractivity (Wildman–Crippen MR) is 63.5 cm³/mol. The molecule has 0 aromatic rings. The van der Waals surface area contributed by atoms with Crippen LogP contribution in [0.25, 0.3) is 0 Å². The first-order valence-electron chi connectivity index (χ1n) is 6.51. The van der Waals surface area contributed by atoms with Crippen LogP contribution in [-0.2, 0) is 4.79 Å². The molecule has 1 unspecified atom stereocenters. The van der Waals surface area contributed by atoms with Crippen molar-refractivity contribution in [1.29, 1.82) is 0 Å². The molecule has 98 valence electrons. The minimum absolute atomic E-state index is 0.131. The highest BCUT2D eigenvalue weighted by Gasteiger charge is 2.31. The van der Waals surface area contributed by atoms with Gasteiger partial charge in [0.05, 0.1) is 12.7 Å². The fourth-order valence-electron chi connectivity index (χ4n) is 2.47. The van der Waals surface area contributed by atoms with Crippen LogP contribution in [0.2, 0.25) is 0 Å². The van der Waals surface area contributed by atoms with E-state index in [0.29, 0.717) is 32.1 Å². The zero-order valence-corrected chi connectivity index (χ0v) is 10.2. The second-order valence-corrected chi connectivity index (χ2v) is 5.05. The van der Waals surface area contributed by atoms with Crippen molar-refractivity contribution in [2.24, 2.45) is 0 Å². The maximum absolute atomic E-state index is 11.4. The molecule has 1 atom stereocenters. The second-order valence-electron chi connectivity index (χ2n) is 5.05. The molecule has 5 nitrogen and oxygen atoms in total. The molecule has 2 fully saturated rings. The van der Waals surface area contributed by atoms with Gasteiger partial charge in [0.1, 0.15) is 0 Å². The van der Waals surface area contributed by atoms with Crippen molar-refractivity contribution >= 4 is 5.91 Å². The van der Waals surface area contributed by atoms with Gasteiger partial charge in [-0.3, -0.25) is 9.69 Å². The molecule has 1 saturated heterocycles. The molecule has 0 radical (unpaired) electrons. The van der Waals surface area contributed by atoms with Gasteiger partial charge in [-0.2, -0.15) is 0 Å². The average Bonchev–Trinajstić information content (AvgIpc) is 3.05. The maximum Gasteiger partial charge on any atom is 0.222 e. The summed E-state index contributed by atoms with van der Waals surface area (Å²) in [5, 5.41) is 18.9. The lowest BCUT2D eigenvalue weighted by atomic mass is 10.3. The normalized spacial score (nSPS) is 22.5. The molecular weight excluding hydrogens is 220 g/mol. The van der Waals surface area contributed by atoms with Crippen LogP contribution in [-0.4, -0.2) is 70.9 Å². The Hall–Kier alpha value is -0.650. The number of carbonyl (C=O) groups is 1. The van der Waals surface area contributed by atoms with Crippen molar-refractivity contribution in [2.45, 2.75) is 37.8 Å². The van der Waals surface area contributed by atoms with Crippen molar-refractivity contribution < 1.29 is 15.0 Å². The number of carbonyl (C=O) groups excluding carboxylic acids is 1. The minimum Gasteiger partial charge on any atom is -0.395 e. The van der Waals surface area contributed by atoms with Gasteiger partial charge in [-0.25, -0.2) is 0 Å². The molecule has 1 aliphatic carbocycles. The van der Waals surface area contributed by atoms with Gasteiger partial charge in [0.2, 0.25) is 5.91 Å². The smallest absolute Gasteiger partial charge is 0.222 e. The molecule has 0 spiro atoms. The Morgan fingerprint density at radius 2 is 2.24 bits per heavy atom.